The zero-order chi connectivity index (χ0) is 106. The number of hydrogen-bond donors (Lipinski definition) is 1. The van der Waals surface area contributed by atoms with Crippen LogP contribution in [-0.4, -0.2) is 46.0 Å². The van der Waals surface area contributed by atoms with E-state index in [-0.39, 0.29) is 93.7 Å². The maximum Gasteiger partial charge on any atom is 0.137 e. The summed E-state index contributed by atoms with van der Waals surface area (Å²) in [5.74, 6) is 3.05. The monoisotopic (exact) mass is 1760 g/mol. The number of aromatic hydroxyl groups is 1. The van der Waals surface area contributed by atoms with Crippen molar-refractivity contribution in [1.29, 1.82) is 0 Å². The van der Waals surface area contributed by atoms with Gasteiger partial charge in [0.2, 0.25) is 0 Å². The van der Waals surface area contributed by atoms with Crippen LogP contribution in [0.1, 0.15) is 155 Å². The lowest BCUT2D eigenvalue weighted by molar-refractivity contribution is 0.471. The molecule has 0 amide bonds. The number of hydrogen-bond acceptors (Lipinski definition) is 8. The fraction of sp³-hybridized carbons (Fsp3) is 0.190. The van der Waals surface area contributed by atoms with Gasteiger partial charge in [-0.05, 0) is 231 Å². The van der Waals surface area contributed by atoms with Crippen LogP contribution in [0, 0.1) is 27.7 Å². The van der Waals surface area contributed by atoms with Crippen molar-refractivity contribution in [2.24, 2.45) is 0 Å². The van der Waals surface area contributed by atoms with Crippen LogP contribution in [-0.2, 0) is 21.7 Å². The van der Waals surface area contributed by atoms with E-state index in [1.807, 2.05) is 133 Å². The molecule has 18 aromatic rings. The van der Waals surface area contributed by atoms with Gasteiger partial charge in [0.05, 0.1) is 83.6 Å². The summed E-state index contributed by atoms with van der Waals surface area (Å²) in [6.07, 6.45) is 3.77. The molecule has 12 heteroatoms. The summed E-state index contributed by atoms with van der Waals surface area (Å²) in [6.45, 7) is 33.2. The number of aromatic nitrogens is 4. The highest BCUT2D eigenvalue weighted by Crippen LogP contribution is 2.56. The largest absolute Gasteiger partial charge is 0.508 e. The number of aryl methyl sites for hydroxylation is 4. The fourth-order valence-electron chi connectivity index (χ4n) is 17.5. The third-order valence-electron chi connectivity index (χ3n) is 23.8. The standard InChI is InChI=1S/C58H54N4O.C37H36N2O.C21H19BrN2.B/c1-38-31-39(2)55(41-21-13-10-14-22-41)56(54(38)40-19-11-9-12-20-40)61-37-60(50-25-17-18-26-51(50)61)44-32-43(58(6,7)8)33-46(35-44)63-45-27-28-48-47-23-15-16-24-49(47)62(52(48)36-45)53-34-42(29-30-59-53)57(3,4)5;1-25-20-26(2)35(28-16-10-7-11-17-28)36(34(25)27-14-8-6-9-15-27)39-24-38(32-18-12-13-19-33(32)39)30-21-29(37(3,4)5)22-31(40)23-30;1-21(2,3)14-10-11-23-20(12-14)24-18-7-5-4-6-16(18)17-13-15(22)8-9-19(17)24;/h9-36H,37H2,1-8H3;6-23,40H,24H2,1-5H3;4-13H,1-3H3;/i9D,10D,11D,12D,13D,14D,19D,20D,21D,22D;6D,7D,8D,9D,10D,11D,14D,15D,16D,17D;;. The molecule has 0 saturated carbocycles. The van der Waals surface area contributed by atoms with Gasteiger partial charge in [0.25, 0.3) is 0 Å². The highest BCUT2D eigenvalue weighted by molar-refractivity contribution is 9.10. The zero-order valence-electron chi connectivity index (χ0n) is 94.6. The molecule has 2 aliphatic heterocycles. The van der Waals surface area contributed by atoms with Gasteiger partial charge in [-0.25, -0.2) is 9.97 Å². The van der Waals surface area contributed by atoms with Crippen molar-refractivity contribution in [3.8, 4) is 73.4 Å². The average Bonchev–Trinajstić information content (AvgIpc) is 1.34. The molecule has 0 fully saturated rings. The number of para-hydroxylation sites is 6. The van der Waals surface area contributed by atoms with Crippen molar-refractivity contribution in [3.63, 3.8) is 0 Å². The Morgan fingerprint density at radius 3 is 1.11 bits per heavy atom. The first-order valence-corrected chi connectivity index (χ1v) is 43.3. The molecule has 0 bridgehead atoms. The molecule has 0 aliphatic carbocycles. The summed E-state index contributed by atoms with van der Waals surface area (Å²) in [7, 11) is 0. The molecular weight excluding hydrogens is 1630 g/mol. The normalized spacial score (nSPS) is 14.9. The third-order valence-corrected chi connectivity index (χ3v) is 24.3. The molecule has 2 aliphatic rings. The lowest BCUT2D eigenvalue weighted by atomic mass is 9.86. The second kappa shape index (κ2) is 34.6. The highest BCUT2D eigenvalue weighted by Gasteiger charge is 2.37. The van der Waals surface area contributed by atoms with Crippen LogP contribution in [0.25, 0.3) is 99.8 Å². The van der Waals surface area contributed by atoms with Gasteiger partial charge >= 0.3 is 0 Å². The van der Waals surface area contributed by atoms with Crippen LogP contribution in [0.3, 0.4) is 0 Å². The van der Waals surface area contributed by atoms with Gasteiger partial charge in [-0.1, -0.05) is 293 Å². The predicted octanol–water partition coefficient (Wildman–Crippen LogP) is 31.5. The van der Waals surface area contributed by atoms with Crippen molar-refractivity contribution in [1.82, 2.24) is 19.1 Å². The number of pyridine rings is 2. The van der Waals surface area contributed by atoms with Gasteiger partial charge in [-0.2, -0.15) is 0 Å². The Labute approximate surface area is 792 Å². The summed E-state index contributed by atoms with van der Waals surface area (Å²) >= 11 is 3.60. The van der Waals surface area contributed by atoms with Gasteiger partial charge in [0.1, 0.15) is 42.2 Å². The second-order valence-corrected chi connectivity index (χ2v) is 37.5. The van der Waals surface area contributed by atoms with E-state index in [1.165, 1.54) is 27.4 Å². The minimum absolute atomic E-state index is 0. The van der Waals surface area contributed by atoms with Gasteiger partial charge in [0, 0.05) is 98.7 Å². The van der Waals surface area contributed by atoms with E-state index in [1.54, 1.807) is 52.0 Å². The van der Waals surface area contributed by atoms with Crippen molar-refractivity contribution >= 4 is 113 Å². The molecule has 635 valence electrons. The van der Waals surface area contributed by atoms with E-state index >= 15 is 0 Å². The Hall–Kier alpha value is -13.7. The Kier molecular flexibility index (Phi) is 17.6. The van der Waals surface area contributed by atoms with E-state index < -0.39 is 121 Å². The van der Waals surface area contributed by atoms with E-state index in [9.17, 15) is 10.6 Å². The molecule has 10 nitrogen and oxygen atoms in total. The number of ether oxygens (including phenoxy) is 1. The minimum atomic E-state index is -0.546. The van der Waals surface area contributed by atoms with Crippen LogP contribution < -0.4 is 24.3 Å². The zero-order valence-corrected chi connectivity index (χ0v) is 76.2. The molecule has 1 N–H and O–H groups in total. The summed E-state index contributed by atoms with van der Waals surface area (Å²) in [6, 6.07) is 58.4. The summed E-state index contributed by atoms with van der Waals surface area (Å²) in [5.41, 5.74) is 16.1. The number of benzene rings is 14. The van der Waals surface area contributed by atoms with Crippen LogP contribution in [0.4, 0.5) is 45.5 Å². The molecule has 4 aromatic heterocycles. The summed E-state index contributed by atoms with van der Waals surface area (Å²) < 4.78 is 188. The Balaban J connectivity index is 0.000000171. The van der Waals surface area contributed by atoms with Crippen LogP contribution in [0.5, 0.6) is 17.2 Å². The molecular formula is C116H109BBrN8O2. The molecule has 0 saturated heterocycles. The molecule has 0 atom stereocenters. The van der Waals surface area contributed by atoms with Gasteiger partial charge in [0.15, 0.2) is 0 Å². The highest BCUT2D eigenvalue weighted by atomic mass is 79.9. The molecule has 128 heavy (non-hydrogen) atoms. The molecule has 0 spiro atoms. The number of halogens is 1. The van der Waals surface area contributed by atoms with Crippen molar-refractivity contribution in [2.75, 3.05) is 32.9 Å². The van der Waals surface area contributed by atoms with Gasteiger partial charge in [-0.3, -0.25) is 9.13 Å². The van der Waals surface area contributed by atoms with Crippen LogP contribution >= 0.6 is 15.9 Å². The van der Waals surface area contributed by atoms with Crippen molar-refractivity contribution < 1.29 is 37.3 Å². The number of anilines is 8. The first kappa shape index (κ1) is 65.0. The Bertz CT molecular complexity index is 8230. The third kappa shape index (κ3) is 16.7. The SMILES string of the molecule is CC(C)(C)c1ccnc(-n2c3ccccc3c3cc(Br)ccc32)c1.[2H]c1c([2H])c([2H])c(-c2c(C)cc(C)c(-c3c([2H])c([2H])c([2H])c([2H])c3[2H])c2N2CN(c3cc(O)cc(C(C)(C)C)c3)c3ccccc32)c([2H])c1[2H].[2H]c1c([2H])c([2H])c(-c2c(C)cc(C)c(-c3c([2H])c([2H])c([2H])c([2H])c3[2H])c2N2CN(c3cc(Oc4ccc5c6ccccc6n(-c6cc(C(C)(C)C)ccn6)c5c4)cc(C(C)(C)C)c3)c3ccccc32)c([2H])c1[2H].[B]. The maximum atomic E-state index is 10.9. The van der Waals surface area contributed by atoms with E-state index in [4.69, 9.17) is 31.7 Å². The average molecular weight is 1760 g/mol. The Morgan fingerprint density at radius 1 is 0.328 bits per heavy atom. The van der Waals surface area contributed by atoms with E-state index in [2.05, 4.69) is 194 Å². The maximum absolute atomic E-state index is 10.9. The predicted molar refractivity (Wildman–Crippen MR) is 545 cm³/mol. The molecule has 14 aromatic carbocycles. The summed E-state index contributed by atoms with van der Waals surface area (Å²) in [4.78, 5) is 17.5. The molecule has 3 radical (unpaired) electrons. The van der Waals surface area contributed by atoms with Crippen LogP contribution in [0.15, 0.2) is 344 Å². The van der Waals surface area contributed by atoms with Gasteiger partial charge in [-0.15, -0.1) is 0 Å². The minimum Gasteiger partial charge on any atom is -0.508 e. The van der Waals surface area contributed by atoms with Crippen LogP contribution in [0.2, 0.25) is 0 Å². The fourth-order valence-corrected chi connectivity index (χ4v) is 17.9. The van der Waals surface area contributed by atoms with Gasteiger partial charge < -0.3 is 29.4 Å². The summed E-state index contributed by atoms with van der Waals surface area (Å²) in [5, 5.41) is 15.5. The number of phenols is 1. The quantitative estimate of drug-likeness (QED) is 0.121. The van der Waals surface area contributed by atoms with E-state index in [0.717, 1.165) is 71.7 Å². The number of rotatable bonds is 12. The number of phenolic OH excluding ortho intramolecular Hbond substituents is 1. The van der Waals surface area contributed by atoms with Crippen molar-refractivity contribution in [2.45, 2.75) is 132 Å². The Morgan fingerprint density at radius 2 is 0.688 bits per heavy atom. The molecule has 6 heterocycles. The first-order chi connectivity index (χ1) is 69.3. The topological polar surface area (TPSA) is 78.1 Å². The molecule has 0 unspecified atom stereocenters. The second-order valence-electron chi connectivity index (χ2n) is 36.6. The smallest absolute Gasteiger partial charge is 0.137 e. The number of nitrogens with zero attached hydrogens (tertiary/aromatic N) is 8. The lowest BCUT2D eigenvalue weighted by Gasteiger charge is -2.30. The molecule has 20 rings (SSSR count). The first-order valence-electron chi connectivity index (χ1n) is 52.5. The number of fused-ring (bicyclic) bond motifs is 8. The lowest BCUT2D eigenvalue weighted by Crippen LogP contribution is -2.25. The van der Waals surface area contributed by atoms with E-state index in [0.29, 0.717) is 62.2 Å². The van der Waals surface area contributed by atoms with Crippen molar-refractivity contribution in [3.05, 3.63) is 388 Å².